The second-order valence-electron chi connectivity index (χ2n) is 3.44. The molecule has 1 heterocycles. The lowest BCUT2D eigenvalue weighted by atomic mass is 10.1. The lowest BCUT2D eigenvalue weighted by Gasteiger charge is -2.11. The average molecular weight is 239 g/mol. The van der Waals surface area contributed by atoms with E-state index >= 15 is 0 Å². The van der Waals surface area contributed by atoms with Crippen LogP contribution in [0.25, 0.3) is 0 Å². The highest BCUT2D eigenvalue weighted by molar-refractivity contribution is 5.14. The molecule has 1 aromatic heterocycles. The first kappa shape index (κ1) is 12.7. The molecular weight excluding hydrogens is 224 g/mol. The molecule has 0 saturated heterocycles. The number of H-pyrrole nitrogens is 1. The van der Waals surface area contributed by atoms with Gasteiger partial charge in [-0.05, 0) is 5.56 Å². The summed E-state index contributed by atoms with van der Waals surface area (Å²) in [7, 11) is 1.73. The van der Waals surface area contributed by atoms with Crippen LogP contribution in [0.2, 0.25) is 0 Å². The molecule has 0 aliphatic rings. The van der Waals surface area contributed by atoms with E-state index in [-0.39, 0.29) is 18.6 Å². The molecule has 0 aliphatic heterocycles. The predicted octanol–water partition coefficient (Wildman–Crippen LogP) is -1.31. The Labute approximate surface area is 101 Å². The van der Waals surface area contributed by atoms with Crippen molar-refractivity contribution in [2.45, 2.75) is 12.6 Å². The molecule has 2 rings (SSSR count). The van der Waals surface area contributed by atoms with Gasteiger partial charge in [-0.25, -0.2) is 4.57 Å². The number of nitrogens with zero attached hydrogens (tertiary/aromatic N) is 1. The van der Waals surface area contributed by atoms with E-state index in [1.54, 1.807) is 7.11 Å². The standard InChI is InChI=1S/C12H14N2O.ClH/c1-15-12(14-8-7-13-10-14)9-11-5-3-2-4-6-11;/h2-8,10,12H,9H2,1H3;1H. The summed E-state index contributed by atoms with van der Waals surface area (Å²) in [4.78, 5) is 3.01. The third kappa shape index (κ3) is 3.08. The summed E-state index contributed by atoms with van der Waals surface area (Å²) in [6.07, 6.45) is 6.68. The van der Waals surface area contributed by atoms with E-state index in [4.69, 9.17) is 4.74 Å². The molecule has 0 radical (unpaired) electrons. The van der Waals surface area contributed by atoms with Crippen molar-refractivity contribution in [1.82, 2.24) is 4.98 Å². The molecule has 0 spiro atoms. The largest absolute Gasteiger partial charge is 1.00 e. The topological polar surface area (TPSA) is 28.9 Å². The molecule has 2 aromatic rings. The van der Waals surface area contributed by atoms with Gasteiger partial charge >= 0.3 is 0 Å². The quantitative estimate of drug-likeness (QED) is 0.659. The number of aromatic amines is 1. The zero-order valence-electron chi connectivity index (χ0n) is 9.14. The molecule has 0 fully saturated rings. The first-order valence-electron chi connectivity index (χ1n) is 5.00. The van der Waals surface area contributed by atoms with Gasteiger partial charge in [0.05, 0.1) is 0 Å². The number of methoxy groups -OCH3 is 1. The molecule has 0 amide bonds. The van der Waals surface area contributed by atoms with Gasteiger partial charge in [-0.3, -0.25) is 4.98 Å². The van der Waals surface area contributed by atoms with Crippen molar-refractivity contribution in [3.05, 3.63) is 54.6 Å². The second kappa shape index (κ2) is 6.30. The predicted molar refractivity (Wildman–Crippen MR) is 57.2 cm³/mol. The SMILES string of the molecule is COC(Cc1ccccc1)[n+]1cc[nH]c1.[Cl-]. The van der Waals surface area contributed by atoms with Gasteiger partial charge in [0.15, 0.2) is 0 Å². The fourth-order valence-electron chi connectivity index (χ4n) is 1.61. The van der Waals surface area contributed by atoms with Crippen LogP contribution in [0, 0.1) is 0 Å². The Balaban J connectivity index is 0.00000128. The highest BCUT2D eigenvalue weighted by atomic mass is 35.5. The van der Waals surface area contributed by atoms with Crippen LogP contribution in [-0.4, -0.2) is 12.1 Å². The van der Waals surface area contributed by atoms with Crippen LogP contribution in [0.4, 0.5) is 0 Å². The van der Waals surface area contributed by atoms with Crippen molar-refractivity contribution in [1.29, 1.82) is 0 Å². The van der Waals surface area contributed by atoms with Gasteiger partial charge in [0.25, 0.3) is 0 Å². The Bertz CT molecular complexity index is 389. The Morgan fingerprint density at radius 3 is 2.62 bits per heavy atom. The van der Waals surface area contributed by atoms with Crippen LogP contribution >= 0.6 is 0 Å². The van der Waals surface area contributed by atoms with E-state index in [1.807, 2.05) is 41.5 Å². The monoisotopic (exact) mass is 238 g/mol. The van der Waals surface area contributed by atoms with Crippen molar-refractivity contribution in [2.24, 2.45) is 0 Å². The number of nitrogens with one attached hydrogen (secondary N) is 1. The summed E-state index contributed by atoms with van der Waals surface area (Å²) < 4.78 is 7.46. The van der Waals surface area contributed by atoms with E-state index in [2.05, 4.69) is 17.1 Å². The molecule has 3 nitrogen and oxygen atoms in total. The number of aromatic nitrogens is 2. The molecule has 0 aliphatic carbocycles. The van der Waals surface area contributed by atoms with Gasteiger partial charge in [-0.15, -0.1) is 0 Å². The number of hydrogen-bond acceptors (Lipinski definition) is 1. The van der Waals surface area contributed by atoms with Gasteiger partial charge in [0.2, 0.25) is 12.6 Å². The summed E-state index contributed by atoms with van der Waals surface area (Å²) >= 11 is 0. The molecule has 0 bridgehead atoms. The number of rotatable bonds is 4. The highest BCUT2D eigenvalue weighted by Gasteiger charge is 2.14. The number of hydrogen-bond donors (Lipinski definition) is 1. The van der Waals surface area contributed by atoms with Gasteiger partial charge < -0.3 is 17.1 Å². The molecule has 86 valence electrons. The molecule has 16 heavy (non-hydrogen) atoms. The maximum absolute atomic E-state index is 5.44. The van der Waals surface area contributed by atoms with Gasteiger partial charge in [0.1, 0.15) is 12.4 Å². The molecule has 4 heteroatoms. The highest BCUT2D eigenvalue weighted by Crippen LogP contribution is 2.08. The minimum absolute atomic E-state index is 0. The van der Waals surface area contributed by atoms with Crippen LogP contribution in [0.5, 0.6) is 0 Å². The number of imidazole rings is 1. The van der Waals surface area contributed by atoms with Crippen LogP contribution < -0.4 is 17.0 Å². The summed E-state index contributed by atoms with van der Waals surface area (Å²) in [5, 5.41) is 0. The molecule has 1 aromatic carbocycles. The van der Waals surface area contributed by atoms with E-state index in [0.29, 0.717) is 0 Å². The average Bonchev–Trinajstić information content (AvgIpc) is 2.81. The molecule has 1 N–H and O–H groups in total. The van der Waals surface area contributed by atoms with Gasteiger partial charge in [-0.2, -0.15) is 0 Å². The smallest absolute Gasteiger partial charge is 0.243 e. The summed E-state index contributed by atoms with van der Waals surface area (Å²) in [5.41, 5.74) is 1.28. The van der Waals surface area contributed by atoms with Crippen LogP contribution in [0.1, 0.15) is 11.8 Å². The van der Waals surface area contributed by atoms with E-state index in [9.17, 15) is 0 Å². The molecule has 1 unspecified atom stereocenters. The van der Waals surface area contributed by atoms with Crippen molar-refractivity contribution in [3.63, 3.8) is 0 Å². The zero-order valence-corrected chi connectivity index (χ0v) is 9.89. The normalized spacial score (nSPS) is 11.8. The lowest BCUT2D eigenvalue weighted by molar-refractivity contribution is -0.759. The minimum Gasteiger partial charge on any atom is -1.00 e. The van der Waals surface area contributed by atoms with Crippen molar-refractivity contribution in [2.75, 3.05) is 7.11 Å². The molecule has 1 atom stereocenters. The van der Waals surface area contributed by atoms with E-state index in [1.165, 1.54) is 5.56 Å². The minimum atomic E-state index is 0. The lowest BCUT2D eigenvalue weighted by Crippen LogP contribution is -3.00. The first-order valence-corrected chi connectivity index (χ1v) is 5.00. The van der Waals surface area contributed by atoms with Crippen LogP contribution in [-0.2, 0) is 11.2 Å². The Kier molecular flexibility index (Phi) is 5.02. The third-order valence-corrected chi connectivity index (χ3v) is 2.42. The van der Waals surface area contributed by atoms with Crippen molar-refractivity contribution < 1.29 is 21.7 Å². The van der Waals surface area contributed by atoms with E-state index in [0.717, 1.165) is 6.42 Å². The Morgan fingerprint density at radius 1 is 1.31 bits per heavy atom. The van der Waals surface area contributed by atoms with Gasteiger partial charge in [0, 0.05) is 13.5 Å². The van der Waals surface area contributed by atoms with Gasteiger partial charge in [-0.1, -0.05) is 30.3 Å². The fourth-order valence-corrected chi connectivity index (χ4v) is 1.61. The van der Waals surface area contributed by atoms with Crippen molar-refractivity contribution in [3.8, 4) is 0 Å². The maximum atomic E-state index is 5.44. The fraction of sp³-hybridized carbons (Fsp3) is 0.250. The maximum Gasteiger partial charge on any atom is 0.243 e. The molecule has 0 saturated carbocycles. The number of ether oxygens (including phenoxy) is 1. The zero-order chi connectivity index (χ0) is 10.5. The number of benzene rings is 1. The molecular formula is C12H15ClN2O. The summed E-state index contributed by atoms with van der Waals surface area (Å²) in [6, 6.07) is 10.3. The summed E-state index contributed by atoms with van der Waals surface area (Å²) in [5.74, 6) is 0. The Hall–Kier alpha value is -1.32. The Morgan fingerprint density at radius 2 is 2.06 bits per heavy atom. The first-order chi connectivity index (χ1) is 7.40. The number of halogens is 1. The van der Waals surface area contributed by atoms with Crippen LogP contribution in [0.3, 0.4) is 0 Å². The third-order valence-electron chi connectivity index (χ3n) is 2.42. The van der Waals surface area contributed by atoms with Crippen LogP contribution in [0.15, 0.2) is 49.1 Å². The van der Waals surface area contributed by atoms with Crippen molar-refractivity contribution >= 4 is 0 Å². The van der Waals surface area contributed by atoms with E-state index < -0.39 is 0 Å². The summed E-state index contributed by atoms with van der Waals surface area (Å²) in [6.45, 7) is 0. The second-order valence-corrected chi connectivity index (χ2v) is 3.44.